The fraction of sp³-hybridized carbons (Fsp3) is 0.483. The molecule has 1 saturated heterocycles. The van der Waals surface area contributed by atoms with Crippen molar-refractivity contribution in [2.24, 2.45) is 11.8 Å². The van der Waals surface area contributed by atoms with Crippen molar-refractivity contribution in [3.63, 3.8) is 0 Å². The molecule has 3 atom stereocenters. The summed E-state index contributed by atoms with van der Waals surface area (Å²) in [6.45, 7) is 2.94. The summed E-state index contributed by atoms with van der Waals surface area (Å²) in [7, 11) is 1.63. The highest BCUT2D eigenvalue weighted by molar-refractivity contribution is 5.83. The zero-order valence-electron chi connectivity index (χ0n) is 21.1. The molecular formula is C29H37N3O4. The number of ether oxygens (including phenoxy) is 1. The van der Waals surface area contributed by atoms with Gasteiger partial charge in [0.25, 0.3) is 0 Å². The topological polar surface area (TPSA) is 95.8 Å². The van der Waals surface area contributed by atoms with Crippen molar-refractivity contribution in [1.82, 2.24) is 14.9 Å². The van der Waals surface area contributed by atoms with Gasteiger partial charge in [-0.15, -0.1) is 0 Å². The Bertz CT molecular complexity index is 1120. The van der Waals surface area contributed by atoms with Gasteiger partial charge in [-0.3, -0.25) is 14.8 Å². The number of carboxylic acids is 1. The molecule has 192 valence electrons. The molecule has 1 fully saturated rings. The summed E-state index contributed by atoms with van der Waals surface area (Å²) < 4.78 is 5.37. The molecule has 0 saturated carbocycles. The van der Waals surface area contributed by atoms with Gasteiger partial charge in [0.1, 0.15) is 5.75 Å². The number of benzene rings is 1. The lowest BCUT2D eigenvalue weighted by molar-refractivity contribution is -0.137. The summed E-state index contributed by atoms with van der Waals surface area (Å²) in [5, 5.41) is 21.3. The van der Waals surface area contributed by atoms with E-state index in [4.69, 9.17) is 4.74 Å². The molecule has 3 aromatic rings. The highest BCUT2D eigenvalue weighted by atomic mass is 16.5. The van der Waals surface area contributed by atoms with Crippen LogP contribution in [0.2, 0.25) is 0 Å². The van der Waals surface area contributed by atoms with Crippen LogP contribution in [0.1, 0.15) is 55.9 Å². The Morgan fingerprint density at radius 1 is 1.14 bits per heavy atom. The third-order valence-electron chi connectivity index (χ3n) is 7.49. The highest BCUT2D eigenvalue weighted by Crippen LogP contribution is 2.35. The average molecular weight is 492 g/mol. The van der Waals surface area contributed by atoms with Gasteiger partial charge < -0.3 is 19.8 Å². The first-order valence-electron chi connectivity index (χ1n) is 13.0. The summed E-state index contributed by atoms with van der Waals surface area (Å²) in [5.74, 6) is 0.742. The molecular weight excluding hydrogens is 454 g/mol. The zero-order chi connectivity index (χ0) is 25.3. The number of aromatic nitrogens is 2. The predicted molar refractivity (Wildman–Crippen MR) is 140 cm³/mol. The van der Waals surface area contributed by atoms with Crippen LogP contribution in [0.15, 0.2) is 54.9 Å². The molecule has 1 unspecified atom stereocenters. The molecule has 0 radical (unpaired) electrons. The van der Waals surface area contributed by atoms with Crippen LogP contribution >= 0.6 is 0 Å². The number of aryl methyl sites for hydroxylation is 1. The maximum atomic E-state index is 11.3. The average Bonchev–Trinajstić information content (AvgIpc) is 2.91. The number of methoxy groups -OCH3 is 1. The molecule has 1 aliphatic rings. The van der Waals surface area contributed by atoms with E-state index in [1.807, 2.05) is 42.6 Å². The van der Waals surface area contributed by atoms with Crippen LogP contribution in [0.5, 0.6) is 5.75 Å². The van der Waals surface area contributed by atoms with Gasteiger partial charge in [0, 0.05) is 36.4 Å². The molecule has 0 amide bonds. The van der Waals surface area contributed by atoms with E-state index < -0.39 is 12.1 Å². The summed E-state index contributed by atoms with van der Waals surface area (Å²) >= 11 is 0. The van der Waals surface area contributed by atoms with Gasteiger partial charge in [-0.25, -0.2) is 0 Å². The van der Waals surface area contributed by atoms with Crippen LogP contribution in [0.3, 0.4) is 0 Å². The number of nitrogens with zero attached hydrogens (tertiary/aromatic N) is 3. The SMILES string of the molecule is COc1ccc2nccc(C(O)CC[C@@H]3CCN(CCCc4ccccn4)C[C@@H]3CCC(=O)O)c2c1. The standard InChI is InChI=1S/C29H37N3O4/c1-36-24-9-10-27-26(19-24)25(13-16-31-27)28(33)11-7-21-14-18-32(20-22(21)8-12-29(34)35)17-4-6-23-5-2-3-15-30-23/h2-3,5,9-10,13,15-16,19,21-22,28,33H,4,6-8,11-12,14,17-18,20H2,1H3,(H,34,35)/t21-,22+,28?/m1/s1. The number of hydrogen-bond acceptors (Lipinski definition) is 6. The first kappa shape index (κ1) is 26.0. The number of likely N-dealkylation sites (tertiary alicyclic amines) is 1. The van der Waals surface area contributed by atoms with Gasteiger partial charge in [-0.05, 0) is 105 Å². The van der Waals surface area contributed by atoms with E-state index in [0.29, 0.717) is 24.7 Å². The first-order chi connectivity index (χ1) is 17.5. The molecule has 1 aromatic carbocycles. The van der Waals surface area contributed by atoms with Crippen molar-refractivity contribution in [2.75, 3.05) is 26.7 Å². The Balaban J connectivity index is 1.35. The van der Waals surface area contributed by atoms with Crippen LogP contribution in [0.25, 0.3) is 10.9 Å². The minimum Gasteiger partial charge on any atom is -0.497 e. The van der Waals surface area contributed by atoms with E-state index in [-0.39, 0.29) is 6.42 Å². The van der Waals surface area contributed by atoms with Gasteiger partial charge >= 0.3 is 5.97 Å². The van der Waals surface area contributed by atoms with Crippen LogP contribution < -0.4 is 4.74 Å². The monoisotopic (exact) mass is 491 g/mol. The molecule has 4 rings (SSSR count). The fourth-order valence-corrected chi connectivity index (χ4v) is 5.50. The summed E-state index contributed by atoms with van der Waals surface area (Å²) in [5.41, 5.74) is 2.82. The number of hydrogen-bond donors (Lipinski definition) is 2. The number of carboxylic acid groups (broad SMARTS) is 1. The number of piperidine rings is 1. The minimum absolute atomic E-state index is 0.195. The molecule has 7 heteroatoms. The zero-order valence-corrected chi connectivity index (χ0v) is 21.1. The van der Waals surface area contributed by atoms with Gasteiger partial charge in [-0.2, -0.15) is 0 Å². The third kappa shape index (κ3) is 7.02. The minimum atomic E-state index is -0.738. The Kier molecular flexibility index (Phi) is 9.25. The molecule has 3 heterocycles. The lowest BCUT2D eigenvalue weighted by atomic mass is 9.79. The molecule has 2 N–H and O–H groups in total. The summed E-state index contributed by atoms with van der Waals surface area (Å²) in [4.78, 5) is 22.6. The largest absolute Gasteiger partial charge is 0.497 e. The second-order valence-electron chi connectivity index (χ2n) is 9.84. The molecule has 1 aliphatic heterocycles. The molecule has 0 spiro atoms. The maximum Gasteiger partial charge on any atom is 0.303 e. The second kappa shape index (κ2) is 12.8. The van der Waals surface area contributed by atoms with Gasteiger partial charge in [-0.1, -0.05) is 6.07 Å². The Morgan fingerprint density at radius 3 is 2.81 bits per heavy atom. The van der Waals surface area contributed by atoms with E-state index in [1.54, 1.807) is 13.3 Å². The smallest absolute Gasteiger partial charge is 0.303 e. The van der Waals surface area contributed by atoms with Crippen molar-refractivity contribution < 1.29 is 19.7 Å². The first-order valence-corrected chi connectivity index (χ1v) is 13.0. The predicted octanol–water partition coefficient (Wildman–Crippen LogP) is 4.89. The maximum absolute atomic E-state index is 11.3. The molecule has 7 nitrogen and oxygen atoms in total. The number of pyridine rings is 2. The Hall–Kier alpha value is -3.03. The quantitative estimate of drug-likeness (QED) is 0.372. The molecule has 36 heavy (non-hydrogen) atoms. The normalized spacial score (nSPS) is 19.3. The van der Waals surface area contributed by atoms with Crippen LogP contribution in [-0.2, 0) is 11.2 Å². The number of aliphatic hydroxyl groups excluding tert-OH is 1. The van der Waals surface area contributed by atoms with Gasteiger partial charge in [0.05, 0.1) is 18.7 Å². The van der Waals surface area contributed by atoms with E-state index in [2.05, 4.69) is 20.9 Å². The van der Waals surface area contributed by atoms with Crippen LogP contribution in [0, 0.1) is 11.8 Å². The van der Waals surface area contributed by atoms with E-state index in [1.165, 1.54) is 0 Å². The number of carbonyl (C=O) groups is 1. The van der Waals surface area contributed by atoms with Crippen LogP contribution in [-0.4, -0.2) is 57.8 Å². The molecule has 0 aliphatic carbocycles. The fourth-order valence-electron chi connectivity index (χ4n) is 5.50. The molecule has 0 bridgehead atoms. The second-order valence-corrected chi connectivity index (χ2v) is 9.84. The molecule has 2 aromatic heterocycles. The lowest BCUT2D eigenvalue weighted by Crippen LogP contribution is -2.41. The van der Waals surface area contributed by atoms with E-state index >= 15 is 0 Å². The van der Waals surface area contributed by atoms with E-state index in [9.17, 15) is 15.0 Å². The third-order valence-corrected chi connectivity index (χ3v) is 7.49. The van der Waals surface area contributed by atoms with E-state index in [0.717, 1.165) is 73.2 Å². The number of aliphatic hydroxyl groups is 1. The van der Waals surface area contributed by atoms with Crippen molar-refractivity contribution in [3.05, 3.63) is 66.1 Å². The van der Waals surface area contributed by atoms with Crippen molar-refractivity contribution in [1.29, 1.82) is 0 Å². The van der Waals surface area contributed by atoms with Gasteiger partial charge in [0.15, 0.2) is 0 Å². The highest BCUT2D eigenvalue weighted by Gasteiger charge is 2.30. The number of rotatable bonds is 12. The van der Waals surface area contributed by atoms with Gasteiger partial charge in [0.2, 0.25) is 0 Å². The summed E-state index contributed by atoms with van der Waals surface area (Å²) in [6, 6.07) is 13.6. The Morgan fingerprint density at radius 2 is 2.03 bits per heavy atom. The Labute approximate surface area is 213 Å². The van der Waals surface area contributed by atoms with Crippen molar-refractivity contribution in [3.8, 4) is 5.75 Å². The number of aliphatic carboxylic acids is 1. The number of fused-ring (bicyclic) bond motifs is 1. The van der Waals surface area contributed by atoms with Crippen molar-refractivity contribution >= 4 is 16.9 Å². The van der Waals surface area contributed by atoms with Crippen LogP contribution in [0.4, 0.5) is 0 Å². The van der Waals surface area contributed by atoms with Crippen molar-refractivity contribution in [2.45, 2.75) is 51.0 Å². The lowest BCUT2D eigenvalue weighted by Gasteiger charge is -2.39. The summed E-state index contributed by atoms with van der Waals surface area (Å²) in [6.07, 6.45) is 8.41.